The Balaban J connectivity index is 1.78. The zero-order chi connectivity index (χ0) is 13.5. The summed E-state index contributed by atoms with van der Waals surface area (Å²) >= 11 is 0. The van der Waals surface area contributed by atoms with Gasteiger partial charge in [-0.15, -0.1) is 0 Å². The summed E-state index contributed by atoms with van der Waals surface area (Å²) in [5.74, 6) is 0.262. The number of aryl methyl sites for hydroxylation is 1. The number of benzene rings is 2. The molecule has 0 radical (unpaired) electrons. The van der Waals surface area contributed by atoms with Gasteiger partial charge in [-0.1, -0.05) is 30.3 Å². The molecule has 0 amide bonds. The van der Waals surface area contributed by atoms with E-state index in [2.05, 4.69) is 23.4 Å². The maximum atomic E-state index is 11.8. The van der Waals surface area contributed by atoms with Gasteiger partial charge in [-0.05, 0) is 29.7 Å². The van der Waals surface area contributed by atoms with Gasteiger partial charge in [0, 0.05) is 23.6 Å². The Morgan fingerprint density at radius 1 is 1.05 bits per heavy atom. The molecule has 98 valence electrons. The lowest BCUT2D eigenvalue weighted by Crippen LogP contribution is -1.99. The summed E-state index contributed by atoms with van der Waals surface area (Å²) in [5, 5.41) is 5.74. The van der Waals surface area contributed by atoms with Gasteiger partial charge in [0.25, 0.3) is 0 Å². The smallest absolute Gasteiger partial charge is 0.163 e. The molecular weight excluding hydrogens is 248 g/mol. The second-order valence-corrected chi connectivity index (χ2v) is 5.26. The van der Waals surface area contributed by atoms with E-state index in [1.807, 2.05) is 35.0 Å². The Bertz CT molecular complexity index is 802. The van der Waals surface area contributed by atoms with Crippen LogP contribution in [-0.4, -0.2) is 15.6 Å². The van der Waals surface area contributed by atoms with Gasteiger partial charge in [0.05, 0.1) is 12.1 Å². The second kappa shape index (κ2) is 4.30. The molecule has 0 saturated carbocycles. The standard InChI is InChI=1S/C17H14N2O/c20-17-9-7-13-14(17)6-8-16-15(13)11-19(18-16)10-12-4-2-1-3-5-12/h1-6,8,11H,7,9-10H2. The van der Waals surface area contributed by atoms with E-state index in [0.717, 1.165) is 29.4 Å². The Labute approximate surface area is 116 Å². The monoisotopic (exact) mass is 262 g/mol. The first-order valence-corrected chi connectivity index (χ1v) is 6.87. The van der Waals surface area contributed by atoms with Crippen LogP contribution in [0.25, 0.3) is 10.9 Å². The van der Waals surface area contributed by atoms with Crippen molar-refractivity contribution in [3.8, 4) is 0 Å². The first kappa shape index (κ1) is 11.4. The molecule has 4 rings (SSSR count). The van der Waals surface area contributed by atoms with Gasteiger partial charge in [-0.25, -0.2) is 0 Å². The van der Waals surface area contributed by atoms with E-state index < -0.39 is 0 Å². The summed E-state index contributed by atoms with van der Waals surface area (Å²) in [6.45, 7) is 0.762. The number of aromatic nitrogens is 2. The van der Waals surface area contributed by atoms with Gasteiger partial charge in [0.15, 0.2) is 5.78 Å². The maximum absolute atomic E-state index is 11.8. The average molecular weight is 262 g/mol. The Kier molecular flexibility index (Phi) is 2.46. The molecule has 3 heteroatoms. The Morgan fingerprint density at radius 2 is 1.90 bits per heavy atom. The van der Waals surface area contributed by atoms with Crippen molar-refractivity contribution >= 4 is 16.7 Å². The van der Waals surface area contributed by atoms with E-state index in [1.165, 1.54) is 11.1 Å². The van der Waals surface area contributed by atoms with E-state index in [-0.39, 0.29) is 5.78 Å². The summed E-state index contributed by atoms with van der Waals surface area (Å²) in [6.07, 6.45) is 3.56. The van der Waals surface area contributed by atoms with Crippen molar-refractivity contribution in [1.82, 2.24) is 9.78 Å². The number of carbonyl (C=O) groups excluding carboxylic acids is 1. The molecule has 1 aromatic heterocycles. The molecule has 0 bridgehead atoms. The zero-order valence-electron chi connectivity index (χ0n) is 11.0. The van der Waals surface area contributed by atoms with Crippen molar-refractivity contribution in [1.29, 1.82) is 0 Å². The SMILES string of the molecule is O=C1CCc2c1ccc1nn(Cc3ccccc3)cc21. The van der Waals surface area contributed by atoms with Crippen LogP contribution in [-0.2, 0) is 13.0 Å². The summed E-state index contributed by atoms with van der Waals surface area (Å²) in [5.41, 5.74) is 4.27. The van der Waals surface area contributed by atoms with Crippen molar-refractivity contribution < 1.29 is 4.79 Å². The number of ketones is 1. The Hall–Kier alpha value is -2.42. The lowest BCUT2D eigenvalue weighted by molar-refractivity contribution is 0.0994. The van der Waals surface area contributed by atoms with Crippen molar-refractivity contribution in [2.75, 3.05) is 0 Å². The quantitative estimate of drug-likeness (QED) is 0.710. The minimum Gasteiger partial charge on any atom is -0.294 e. The zero-order valence-corrected chi connectivity index (χ0v) is 11.0. The molecule has 1 heterocycles. The highest BCUT2D eigenvalue weighted by Gasteiger charge is 2.22. The third-order valence-corrected chi connectivity index (χ3v) is 3.94. The average Bonchev–Trinajstić information content (AvgIpc) is 3.03. The number of carbonyl (C=O) groups is 1. The van der Waals surface area contributed by atoms with Crippen LogP contribution in [0.4, 0.5) is 0 Å². The summed E-state index contributed by atoms with van der Waals surface area (Å²) in [7, 11) is 0. The molecule has 0 saturated heterocycles. The largest absolute Gasteiger partial charge is 0.294 e. The summed E-state index contributed by atoms with van der Waals surface area (Å²) in [6, 6.07) is 14.2. The first-order valence-electron chi connectivity index (χ1n) is 6.87. The second-order valence-electron chi connectivity index (χ2n) is 5.26. The molecule has 0 N–H and O–H groups in total. The molecule has 1 aliphatic carbocycles. The van der Waals surface area contributed by atoms with Crippen LogP contribution >= 0.6 is 0 Å². The fourth-order valence-corrected chi connectivity index (χ4v) is 2.96. The predicted octanol–water partition coefficient (Wildman–Crippen LogP) is 3.21. The number of hydrogen-bond donors (Lipinski definition) is 0. The molecule has 0 aliphatic heterocycles. The molecule has 2 aromatic carbocycles. The van der Waals surface area contributed by atoms with Crippen molar-refractivity contribution in [3.63, 3.8) is 0 Å². The number of fused-ring (bicyclic) bond motifs is 3. The van der Waals surface area contributed by atoms with Crippen LogP contribution in [0.1, 0.15) is 27.9 Å². The lowest BCUT2D eigenvalue weighted by Gasteiger charge is -2.00. The minimum absolute atomic E-state index is 0.262. The highest BCUT2D eigenvalue weighted by molar-refractivity contribution is 6.05. The number of nitrogens with zero attached hydrogens (tertiary/aromatic N) is 2. The maximum Gasteiger partial charge on any atom is 0.163 e. The van der Waals surface area contributed by atoms with Gasteiger partial charge in [-0.3, -0.25) is 9.48 Å². The van der Waals surface area contributed by atoms with Crippen LogP contribution in [0.5, 0.6) is 0 Å². The topological polar surface area (TPSA) is 34.9 Å². The number of rotatable bonds is 2. The third-order valence-electron chi connectivity index (χ3n) is 3.94. The lowest BCUT2D eigenvalue weighted by atomic mass is 10.1. The van der Waals surface area contributed by atoms with Gasteiger partial charge in [0.2, 0.25) is 0 Å². The van der Waals surface area contributed by atoms with Gasteiger partial charge < -0.3 is 0 Å². The molecule has 0 spiro atoms. The Morgan fingerprint density at radius 3 is 2.75 bits per heavy atom. The van der Waals surface area contributed by atoms with E-state index >= 15 is 0 Å². The van der Waals surface area contributed by atoms with Crippen LogP contribution in [0.2, 0.25) is 0 Å². The van der Waals surface area contributed by atoms with E-state index in [0.29, 0.717) is 6.42 Å². The molecule has 0 unspecified atom stereocenters. The molecule has 20 heavy (non-hydrogen) atoms. The predicted molar refractivity (Wildman–Crippen MR) is 77.9 cm³/mol. The normalized spacial score (nSPS) is 13.9. The fraction of sp³-hybridized carbons (Fsp3) is 0.176. The van der Waals surface area contributed by atoms with Crippen LogP contribution in [0.3, 0.4) is 0 Å². The number of hydrogen-bond acceptors (Lipinski definition) is 2. The van der Waals surface area contributed by atoms with Crippen LogP contribution in [0, 0.1) is 0 Å². The summed E-state index contributed by atoms with van der Waals surface area (Å²) in [4.78, 5) is 11.8. The molecule has 3 aromatic rings. The van der Waals surface area contributed by atoms with Crippen molar-refractivity contribution in [3.05, 3.63) is 65.4 Å². The van der Waals surface area contributed by atoms with Gasteiger partial charge >= 0.3 is 0 Å². The number of Topliss-reactive ketones (excluding diaryl/α,β-unsaturated/α-hetero) is 1. The van der Waals surface area contributed by atoms with E-state index in [1.54, 1.807) is 0 Å². The van der Waals surface area contributed by atoms with Gasteiger partial charge in [0.1, 0.15) is 0 Å². The molecule has 1 aliphatic rings. The minimum atomic E-state index is 0.262. The summed E-state index contributed by atoms with van der Waals surface area (Å²) < 4.78 is 1.96. The van der Waals surface area contributed by atoms with E-state index in [4.69, 9.17) is 0 Å². The van der Waals surface area contributed by atoms with E-state index in [9.17, 15) is 4.79 Å². The first-order chi connectivity index (χ1) is 9.81. The third kappa shape index (κ3) is 1.74. The highest BCUT2D eigenvalue weighted by atomic mass is 16.1. The highest BCUT2D eigenvalue weighted by Crippen LogP contribution is 2.29. The van der Waals surface area contributed by atoms with Crippen LogP contribution in [0.15, 0.2) is 48.7 Å². The molecule has 0 fully saturated rings. The van der Waals surface area contributed by atoms with Crippen LogP contribution < -0.4 is 0 Å². The van der Waals surface area contributed by atoms with Crippen molar-refractivity contribution in [2.45, 2.75) is 19.4 Å². The fourth-order valence-electron chi connectivity index (χ4n) is 2.96. The molecular formula is C17H14N2O. The molecule has 0 atom stereocenters. The molecule has 3 nitrogen and oxygen atoms in total. The van der Waals surface area contributed by atoms with Crippen molar-refractivity contribution in [2.24, 2.45) is 0 Å². The van der Waals surface area contributed by atoms with Gasteiger partial charge in [-0.2, -0.15) is 5.10 Å².